The van der Waals surface area contributed by atoms with Crippen molar-refractivity contribution in [2.45, 2.75) is 171 Å². The van der Waals surface area contributed by atoms with Gasteiger partial charge in [0, 0.05) is 28.2 Å². The van der Waals surface area contributed by atoms with Gasteiger partial charge in [-0.25, -0.2) is 0 Å². The maximum atomic E-state index is 3.68. The topological polar surface area (TPSA) is 6.48 Å². The molecule has 5 aromatic rings. The number of rotatable bonds is 8. The van der Waals surface area contributed by atoms with Crippen LogP contribution < -0.4 is 9.80 Å². The average Bonchev–Trinajstić information content (AvgIpc) is 4.03. The molecular weight excluding hydrogens is 1000 g/mol. The maximum Gasteiger partial charge on any atom is 0.0989 e. The molecule has 0 saturated heterocycles. The van der Waals surface area contributed by atoms with E-state index in [9.17, 15) is 0 Å². The summed E-state index contributed by atoms with van der Waals surface area (Å²) >= 11 is 6.04. The molecule has 2 aliphatic carbocycles. The molecule has 3 aliphatic rings. The Morgan fingerprint density at radius 2 is 0.926 bits per heavy atom. The van der Waals surface area contributed by atoms with Gasteiger partial charge >= 0.3 is 0 Å². The monoisotopic (exact) mass is 1090 g/mol. The lowest BCUT2D eigenvalue weighted by atomic mass is 9.82. The molecule has 364 valence electrons. The summed E-state index contributed by atoms with van der Waals surface area (Å²) in [5.74, 6) is 2.00. The van der Waals surface area contributed by atoms with Crippen LogP contribution in [0, 0.1) is 0 Å². The largest absolute Gasteiger partial charge is 0.327 e. The van der Waals surface area contributed by atoms with Crippen molar-refractivity contribution < 1.29 is 0 Å². The Bertz CT molecular complexity index is 2450. The molecule has 0 N–H and O–H groups in total. The predicted molar refractivity (Wildman–Crippen MR) is 316 cm³/mol. The normalized spacial score (nSPS) is 14.0. The lowest BCUT2D eigenvalue weighted by Gasteiger charge is -2.31. The lowest BCUT2D eigenvalue weighted by Crippen LogP contribution is -2.28. The molecule has 8 rings (SSSR count). The van der Waals surface area contributed by atoms with Crippen molar-refractivity contribution in [3.8, 4) is 11.1 Å². The summed E-state index contributed by atoms with van der Waals surface area (Å²) in [5.41, 5.74) is 23.1. The van der Waals surface area contributed by atoms with Crippen molar-refractivity contribution in [3.63, 3.8) is 0 Å². The summed E-state index contributed by atoms with van der Waals surface area (Å²) in [7, 11) is 0. The Hall–Kier alpha value is -3.87. The molecule has 1 aliphatic heterocycles. The number of hydrogen-bond donors (Lipinski definition) is 0. The van der Waals surface area contributed by atoms with Gasteiger partial charge in [0.25, 0.3) is 0 Å². The SMILES string of the molecule is CC(C)c1cccc(C(C)C)c1N1C=CN(c2c(C(C)C)cccc2C(C)C)C1.CC1=Cc2cc(C(C)(C)C)cc(-c3ccccc3)c2C1.CC1=Cc2cc(C(C)(C)C)cc(Br)c2C1.CCCI. The molecule has 0 atom stereocenters. The van der Waals surface area contributed by atoms with Crippen molar-refractivity contribution in [3.05, 3.63) is 175 Å². The highest BCUT2D eigenvalue weighted by Crippen LogP contribution is 2.42. The number of hydrogen-bond acceptors (Lipinski definition) is 2. The third-order valence-electron chi connectivity index (χ3n) is 13.2. The molecule has 0 aromatic heterocycles. The minimum absolute atomic E-state index is 0.183. The van der Waals surface area contributed by atoms with Crippen LogP contribution in [-0.4, -0.2) is 11.1 Å². The van der Waals surface area contributed by atoms with Gasteiger partial charge in [0.1, 0.15) is 0 Å². The van der Waals surface area contributed by atoms with Gasteiger partial charge in [-0.3, -0.25) is 0 Å². The molecule has 0 amide bonds. The van der Waals surface area contributed by atoms with Crippen LogP contribution in [0.4, 0.5) is 11.4 Å². The standard InChI is InChI=1S/C27H38N2.C20H22.C14H17Br.C3H7I/c1-18(2)22-11-9-12-23(19(3)4)26(22)28-15-16-29(17-28)27-24(20(5)6)13-10-14-25(27)21(7)8;1-14-10-16-12-17(20(2,3)4)13-19(18(16)11-14)15-8-6-5-7-9-15;1-9-5-10-7-11(14(2,3)4)8-13(15)12(10)6-9;1-2-3-4/h9-16,18-21H,17H2,1-8H3;5-10,12-13H,11H2,1-4H3;5,7-8H,6H2,1-4H3;2-3H2,1H3. The van der Waals surface area contributed by atoms with E-state index in [1.165, 1.54) is 105 Å². The van der Waals surface area contributed by atoms with Gasteiger partial charge in [0.05, 0.1) is 6.67 Å². The Morgan fingerprint density at radius 1 is 0.544 bits per heavy atom. The molecule has 0 unspecified atom stereocenters. The van der Waals surface area contributed by atoms with Crippen molar-refractivity contribution in [2.24, 2.45) is 0 Å². The van der Waals surface area contributed by atoms with E-state index in [-0.39, 0.29) is 10.8 Å². The van der Waals surface area contributed by atoms with Crippen LogP contribution in [0.25, 0.3) is 23.3 Å². The third-order valence-corrected chi connectivity index (χ3v) is 15.0. The first kappa shape index (κ1) is 55.1. The summed E-state index contributed by atoms with van der Waals surface area (Å²) in [6.07, 6.45) is 12.7. The summed E-state index contributed by atoms with van der Waals surface area (Å²) in [4.78, 5) is 4.90. The van der Waals surface area contributed by atoms with Gasteiger partial charge in [0.2, 0.25) is 0 Å². The van der Waals surface area contributed by atoms with Crippen LogP contribution in [0.2, 0.25) is 0 Å². The number of anilines is 2. The number of halogens is 2. The lowest BCUT2D eigenvalue weighted by molar-refractivity contribution is 0.589. The smallest absolute Gasteiger partial charge is 0.0989 e. The molecule has 0 radical (unpaired) electrons. The molecule has 1 heterocycles. The third kappa shape index (κ3) is 13.7. The van der Waals surface area contributed by atoms with E-state index in [1.807, 2.05) is 0 Å². The highest BCUT2D eigenvalue weighted by molar-refractivity contribution is 14.1. The number of nitrogens with zero attached hydrogens (tertiary/aromatic N) is 2. The summed E-state index contributed by atoms with van der Waals surface area (Å²) in [6.45, 7) is 39.5. The van der Waals surface area contributed by atoms with Crippen LogP contribution in [-0.2, 0) is 23.7 Å². The molecule has 0 saturated carbocycles. The zero-order chi connectivity index (χ0) is 50.2. The highest BCUT2D eigenvalue weighted by Gasteiger charge is 2.27. The predicted octanol–water partition coefficient (Wildman–Crippen LogP) is 20.1. The molecule has 68 heavy (non-hydrogen) atoms. The minimum atomic E-state index is 0.183. The van der Waals surface area contributed by atoms with E-state index in [1.54, 1.807) is 0 Å². The Labute approximate surface area is 437 Å². The molecule has 0 fully saturated rings. The zero-order valence-corrected chi connectivity index (χ0v) is 48.7. The van der Waals surface area contributed by atoms with E-state index in [4.69, 9.17) is 0 Å². The molecule has 0 bridgehead atoms. The highest BCUT2D eigenvalue weighted by atomic mass is 127. The molecule has 0 spiro atoms. The average molecular weight is 1090 g/mol. The van der Waals surface area contributed by atoms with E-state index in [0.29, 0.717) is 23.7 Å². The minimum Gasteiger partial charge on any atom is -0.327 e. The van der Waals surface area contributed by atoms with Crippen molar-refractivity contribution in [1.29, 1.82) is 0 Å². The van der Waals surface area contributed by atoms with Crippen molar-refractivity contribution in [2.75, 3.05) is 20.9 Å². The van der Waals surface area contributed by atoms with Gasteiger partial charge in [-0.2, -0.15) is 0 Å². The fraction of sp³-hybridized carbons (Fsp3) is 0.438. The van der Waals surface area contributed by atoms with Crippen molar-refractivity contribution in [1.82, 2.24) is 0 Å². The van der Waals surface area contributed by atoms with Gasteiger partial charge < -0.3 is 9.80 Å². The van der Waals surface area contributed by atoms with E-state index < -0.39 is 0 Å². The van der Waals surface area contributed by atoms with E-state index >= 15 is 0 Å². The Balaban J connectivity index is 0.000000192. The van der Waals surface area contributed by atoms with Crippen LogP contribution in [0.15, 0.2) is 119 Å². The quantitative estimate of drug-likeness (QED) is 0.113. The maximum absolute atomic E-state index is 3.68. The number of alkyl halides is 1. The van der Waals surface area contributed by atoms with Crippen LogP contribution in [0.5, 0.6) is 0 Å². The number of fused-ring (bicyclic) bond motifs is 2. The Kier molecular flexibility index (Phi) is 19.3. The van der Waals surface area contributed by atoms with Gasteiger partial charge in [0.15, 0.2) is 0 Å². The second-order valence-corrected chi connectivity index (χ2v) is 24.5. The van der Waals surface area contributed by atoms with Gasteiger partial charge in [-0.15, -0.1) is 0 Å². The van der Waals surface area contributed by atoms with Crippen LogP contribution >= 0.6 is 38.5 Å². The first-order valence-electron chi connectivity index (χ1n) is 25.4. The summed E-state index contributed by atoms with van der Waals surface area (Å²) < 4.78 is 2.55. The Morgan fingerprint density at radius 3 is 1.31 bits per heavy atom. The first-order chi connectivity index (χ1) is 32.0. The van der Waals surface area contributed by atoms with Crippen molar-refractivity contribution >= 4 is 62.0 Å². The zero-order valence-electron chi connectivity index (χ0n) is 45.0. The molecule has 4 heteroatoms. The number of benzene rings is 5. The molecular formula is C64H84BrIN2. The van der Waals surface area contributed by atoms with Gasteiger partial charge in [-0.1, -0.05) is 251 Å². The molecule has 5 aromatic carbocycles. The number of para-hydroxylation sites is 2. The van der Waals surface area contributed by atoms with E-state index in [0.717, 1.165) is 19.5 Å². The summed E-state index contributed by atoms with van der Waals surface area (Å²) in [5, 5.41) is 0. The fourth-order valence-electron chi connectivity index (χ4n) is 9.32. The first-order valence-corrected chi connectivity index (χ1v) is 27.7. The number of allylic oxidation sites excluding steroid dienone is 2. The van der Waals surface area contributed by atoms with Crippen LogP contribution in [0.3, 0.4) is 0 Å². The van der Waals surface area contributed by atoms with E-state index in [2.05, 4.69) is 282 Å². The second-order valence-electron chi connectivity index (χ2n) is 22.6. The second kappa shape index (κ2) is 23.8. The van der Waals surface area contributed by atoms with Gasteiger partial charge in [-0.05, 0) is 145 Å². The van der Waals surface area contributed by atoms with Crippen LogP contribution in [0.1, 0.15) is 203 Å². The fourth-order valence-corrected chi connectivity index (χ4v) is 9.94. The molecule has 2 nitrogen and oxygen atoms in total. The summed E-state index contributed by atoms with van der Waals surface area (Å²) in [6, 6.07) is 33.8.